The molecule has 0 aliphatic rings. The molecule has 0 bridgehead atoms. The lowest BCUT2D eigenvalue weighted by atomic mass is 10.3. The van der Waals surface area contributed by atoms with Crippen molar-refractivity contribution in [3.05, 3.63) is 40.3 Å². The van der Waals surface area contributed by atoms with Crippen molar-refractivity contribution in [1.82, 2.24) is 15.2 Å². The second kappa shape index (κ2) is 10.1. The molecule has 0 fully saturated rings. The summed E-state index contributed by atoms with van der Waals surface area (Å²) in [5, 5.41) is 8.15. The molecule has 1 aromatic carbocycles. The first-order valence-electron chi connectivity index (χ1n) is 9.35. The molecular weight excluding hydrogens is 376 g/mol. The fourth-order valence-electron chi connectivity index (χ4n) is 2.45. The molecule has 152 valence electrons. The number of ether oxygens (including phenoxy) is 1. The van der Waals surface area contributed by atoms with E-state index in [1.807, 2.05) is 46.8 Å². The highest BCUT2D eigenvalue weighted by Gasteiger charge is 2.20. The number of anilines is 1. The molecule has 0 saturated carbocycles. The fraction of sp³-hybridized carbons (Fsp3) is 0.450. The quantitative estimate of drug-likeness (QED) is 0.693. The first-order valence-corrected chi connectivity index (χ1v) is 10.2. The number of amides is 3. The minimum absolute atomic E-state index is 0.0282. The molecule has 0 radical (unpaired) electrons. The molecule has 0 spiro atoms. The first-order chi connectivity index (χ1) is 13.3. The van der Waals surface area contributed by atoms with Crippen molar-refractivity contribution in [2.24, 2.45) is 0 Å². The molecule has 1 heterocycles. The van der Waals surface area contributed by atoms with E-state index in [-0.39, 0.29) is 24.0 Å². The summed E-state index contributed by atoms with van der Waals surface area (Å²) >= 11 is 1.37. The fourth-order valence-corrected chi connectivity index (χ4v) is 3.23. The van der Waals surface area contributed by atoms with Crippen LogP contribution >= 0.6 is 11.3 Å². The second-order valence-electron chi connectivity index (χ2n) is 6.86. The van der Waals surface area contributed by atoms with Crippen LogP contribution in [0.25, 0.3) is 0 Å². The Morgan fingerprint density at radius 1 is 1.18 bits per heavy atom. The van der Waals surface area contributed by atoms with Gasteiger partial charge in [-0.25, -0.2) is 9.78 Å². The van der Waals surface area contributed by atoms with Gasteiger partial charge in [0.25, 0.3) is 5.91 Å². The minimum atomic E-state index is -0.220. The van der Waals surface area contributed by atoms with Gasteiger partial charge in [0.15, 0.2) is 0 Å². The van der Waals surface area contributed by atoms with Gasteiger partial charge in [-0.15, -0.1) is 11.3 Å². The third kappa shape index (κ3) is 6.23. The van der Waals surface area contributed by atoms with Crippen LogP contribution < -0.4 is 15.4 Å². The smallest absolute Gasteiger partial charge is 0.322 e. The third-order valence-electron chi connectivity index (χ3n) is 3.81. The maximum absolute atomic E-state index is 12.7. The monoisotopic (exact) mass is 404 g/mol. The highest BCUT2D eigenvalue weighted by molar-refractivity contribution is 7.09. The Morgan fingerprint density at radius 2 is 1.86 bits per heavy atom. The summed E-state index contributed by atoms with van der Waals surface area (Å²) in [6, 6.07) is 7.04. The molecule has 0 unspecified atom stereocenters. The Labute approximate surface area is 170 Å². The van der Waals surface area contributed by atoms with Crippen LogP contribution in [-0.4, -0.2) is 40.5 Å². The highest BCUT2D eigenvalue weighted by Crippen LogP contribution is 2.18. The normalized spacial score (nSPS) is 10.8. The van der Waals surface area contributed by atoms with Crippen LogP contribution in [0.5, 0.6) is 5.75 Å². The number of rotatable bonds is 8. The van der Waals surface area contributed by atoms with Crippen LogP contribution in [0.2, 0.25) is 0 Å². The van der Waals surface area contributed by atoms with Crippen molar-refractivity contribution in [2.75, 3.05) is 11.9 Å². The third-order valence-corrected chi connectivity index (χ3v) is 4.64. The number of nitrogens with one attached hydrogen (secondary N) is 2. The van der Waals surface area contributed by atoms with E-state index in [2.05, 4.69) is 15.6 Å². The van der Waals surface area contributed by atoms with Gasteiger partial charge in [0.05, 0.1) is 13.2 Å². The summed E-state index contributed by atoms with van der Waals surface area (Å²) in [6.07, 6.45) is 0. The van der Waals surface area contributed by atoms with Crippen LogP contribution in [0.15, 0.2) is 29.6 Å². The molecule has 2 rings (SSSR count). The maximum Gasteiger partial charge on any atom is 0.322 e. The predicted molar refractivity (Wildman–Crippen MR) is 112 cm³/mol. The lowest BCUT2D eigenvalue weighted by Crippen LogP contribution is -2.39. The minimum Gasteiger partial charge on any atom is -0.494 e. The largest absolute Gasteiger partial charge is 0.494 e. The number of aromatic nitrogens is 1. The Kier molecular flexibility index (Phi) is 7.80. The molecule has 1 aromatic heterocycles. The van der Waals surface area contributed by atoms with E-state index in [0.29, 0.717) is 29.5 Å². The summed E-state index contributed by atoms with van der Waals surface area (Å²) in [6.45, 7) is 10.5. The van der Waals surface area contributed by atoms with Crippen LogP contribution in [0.3, 0.4) is 0 Å². The second-order valence-corrected chi connectivity index (χ2v) is 7.81. The van der Waals surface area contributed by atoms with Gasteiger partial charge in [0, 0.05) is 23.2 Å². The number of urea groups is 1. The van der Waals surface area contributed by atoms with Crippen LogP contribution in [0.4, 0.5) is 10.5 Å². The van der Waals surface area contributed by atoms with Crippen molar-refractivity contribution in [1.29, 1.82) is 0 Å². The molecule has 7 nitrogen and oxygen atoms in total. The van der Waals surface area contributed by atoms with Gasteiger partial charge in [-0.2, -0.15) is 0 Å². The van der Waals surface area contributed by atoms with Gasteiger partial charge >= 0.3 is 6.03 Å². The number of hydrogen-bond acceptors (Lipinski definition) is 5. The Balaban J connectivity index is 2.03. The van der Waals surface area contributed by atoms with Gasteiger partial charge < -0.3 is 20.3 Å². The van der Waals surface area contributed by atoms with Gasteiger partial charge in [0.1, 0.15) is 16.5 Å². The maximum atomic E-state index is 12.7. The lowest BCUT2D eigenvalue weighted by Gasteiger charge is -2.26. The highest BCUT2D eigenvalue weighted by atomic mass is 32.1. The predicted octanol–water partition coefficient (Wildman–Crippen LogP) is 4.12. The average Bonchev–Trinajstić information content (AvgIpc) is 3.09. The molecule has 3 amide bonds. The zero-order chi connectivity index (χ0) is 20.7. The van der Waals surface area contributed by atoms with E-state index in [1.54, 1.807) is 22.4 Å². The van der Waals surface area contributed by atoms with Crippen molar-refractivity contribution in [3.8, 4) is 5.75 Å². The average molecular weight is 405 g/mol. The molecule has 2 N–H and O–H groups in total. The van der Waals surface area contributed by atoms with Crippen LogP contribution in [0, 0.1) is 0 Å². The lowest BCUT2D eigenvalue weighted by molar-refractivity contribution is 0.0938. The molecule has 0 aliphatic heterocycles. The standard InChI is InChI=1S/C20H28N4O3S/c1-6-27-16-9-7-15(8-10-16)22-20(26)24(14(4)5)11-18-23-17(12-28-18)19(25)21-13(2)3/h7-10,12-14H,6,11H2,1-5H3,(H,21,25)(H,22,26). The molecule has 2 aromatic rings. The molecule has 8 heteroatoms. The zero-order valence-corrected chi connectivity index (χ0v) is 17.8. The summed E-state index contributed by atoms with van der Waals surface area (Å²) in [7, 11) is 0. The van der Waals surface area contributed by atoms with Crippen LogP contribution in [0.1, 0.15) is 50.1 Å². The van der Waals surface area contributed by atoms with Crippen molar-refractivity contribution in [3.63, 3.8) is 0 Å². The van der Waals surface area contributed by atoms with Gasteiger partial charge in [-0.1, -0.05) is 0 Å². The summed E-state index contributed by atoms with van der Waals surface area (Å²) in [4.78, 5) is 30.9. The van der Waals surface area contributed by atoms with Crippen molar-refractivity contribution < 1.29 is 14.3 Å². The van der Waals surface area contributed by atoms with E-state index >= 15 is 0 Å². The van der Waals surface area contributed by atoms with E-state index < -0.39 is 0 Å². The van der Waals surface area contributed by atoms with E-state index in [0.717, 1.165) is 5.75 Å². The number of carbonyl (C=O) groups is 2. The molecular formula is C20H28N4O3S. The molecule has 0 saturated heterocycles. The van der Waals surface area contributed by atoms with E-state index in [4.69, 9.17) is 4.74 Å². The van der Waals surface area contributed by atoms with E-state index in [1.165, 1.54) is 11.3 Å². The number of nitrogens with zero attached hydrogens (tertiary/aromatic N) is 2. The molecule has 28 heavy (non-hydrogen) atoms. The first kappa shape index (κ1) is 21.7. The Hall–Kier alpha value is -2.61. The van der Waals surface area contributed by atoms with Crippen LogP contribution in [-0.2, 0) is 6.54 Å². The van der Waals surface area contributed by atoms with Gasteiger partial charge in [-0.05, 0) is 58.9 Å². The van der Waals surface area contributed by atoms with E-state index in [9.17, 15) is 9.59 Å². The summed E-state index contributed by atoms with van der Waals surface area (Å²) in [5.41, 5.74) is 1.07. The number of hydrogen-bond donors (Lipinski definition) is 2. The SMILES string of the molecule is CCOc1ccc(NC(=O)N(Cc2nc(C(=O)NC(C)C)cs2)C(C)C)cc1. The van der Waals surface area contributed by atoms with Crippen molar-refractivity contribution in [2.45, 2.75) is 53.2 Å². The topological polar surface area (TPSA) is 83.6 Å². The van der Waals surface area contributed by atoms with Crippen molar-refractivity contribution >= 4 is 29.0 Å². The Morgan fingerprint density at radius 3 is 2.43 bits per heavy atom. The number of carbonyl (C=O) groups excluding carboxylic acids is 2. The van der Waals surface area contributed by atoms with Gasteiger partial charge in [0.2, 0.25) is 0 Å². The summed E-state index contributed by atoms with van der Waals surface area (Å²) in [5.74, 6) is 0.559. The Bertz CT molecular complexity index is 787. The summed E-state index contributed by atoms with van der Waals surface area (Å²) < 4.78 is 5.41. The molecule has 0 atom stereocenters. The zero-order valence-electron chi connectivity index (χ0n) is 17.0. The molecule has 0 aliphatic carbocycles. The number of thiazole rings is 1. The van der Waals surface area contributed by atoms with Gasteiger partial charge in [-0.3, -0.25) is 4.79 Å². The number of benzene rings is 1.